The van der Waals surface area contributed by atoms with Crippen molar-refractivity contribution in [2.24, 2.45) is 0 Å². The van der Waals surface area contributed by atoms with Crippen LogP contribution in [0.1, 0.15) is 27.9 Å². The van der Waals surface area contributed by atoms with Gasteiger partial charge in [0.05, 0.1) is 19.9 Å². The molecule has 0 spiro atoms. The molecule has 2 rings (SSSR count). The van der Waals surface area contributed by atoms with Gasteiger partial charge in [0, 0.05) is 0 Å². The number of carbonyl (C=O) groups excluding carboxylic acids is 2. The lowest BCUT2D eigenvalue weighted by Crippen LogP contribution is -2.08. The van der Waals surface area contributed by atoms with Gasteiger partial charge in [0.2, 0.25) is 5.88 Å². The molecule has 0 aliphatic rings. The van der Waals surface area contributed by atoms with Crippen molar-refractivity contribution in [2.75, 3.05) is 13.7 Å². The van der Waals surface area contributed by atoms with Crippen LogP contribution in [0.4, 0.5) is 0 Å². The summed E-state index contributed by atoms with van der Waals surface area (Å²) >= 11 is 0. The lowest BCUT2D eigenvalue weighted by atomic mass is 10.3. The van der Waals surface area contributed by atoms with E-state index in [2.05, 4.69) is 19.8 Å². The molecular weight excluding hydrogens is 256 g/mol. The number of methoxy groups -OCH3 is 1. The Morgan fingerprint density at radius 3 is 2.79 bits per heavy atom. The molecule has 2 heterocycles. The highest BCUT2D eigenvalue weighted by atomic mass is 16.5. The van der Waals surface area contributed by atoms with Crippen LogP contribution >= 0.6 is 0 Å². The minimum atomic E-state index is -0.775. The monoisotopic (exact) mass is 266 g/mol. The first-order valence-electron chi connectivity index (χ1n) is 5.28. The highest BCUT2D eigenvalue weighted by molar-refractivity contribution is 5.92. The van der Waals surface area contributed by atoms with Crippen LogP contribution in [-0.2, 0) is 9.47 Å². The van der Waals surface area contributed by atoms with Crippen LogP contribution < -0.4 is 0 Å². The molecule has 1 N–H and O–H groups in total. The second kappa shape index (κ2) is 4.88. The van der Waals surface area contributed by atoms with E-state index in [0.29, 0.717) is 0 Å². The first-order valence-corrected chi connectivity index (χ1v) is 5.28. The molecule has 19 heavy (non-hydrogen) atoms. The molecule has 0 bridgehead atoms. The molecule has 0 fully saturated rings. The summed E-state index contributed by atoms with van der Waals surface area (Å²) in [6.45, 7) is 1.78. The summed E-state index contributed by atoms with van der Waals surface area (Å²) in [5.74, 6) is -2.34. The van der Waals surface area contributed by atoms with Crippen molar-refractivity contribution in [1.29, 1.82) is 0 Å². The molecule has 100 valence electrons. The summed E-state index contributed by atoms with van der Waals surface area (Å²) < 4.78 is 10.0. The van der Waals surface area contributed by atoms with E-state index < -0.39 is 17.8 Å². The maximum absolute atomic E-state index is 11.5. The molecule has 2 aromatic heterocycles. The van der Waals surface area contributed by atoms with Gasteiger partial charge >= 0.3 is 11.9 Å². The Morgan fingerprint density at radius 1 is 1.42 bits per heavy atom. The van der Waals surface area contributed by atoms with Crippen LogP contribution in [-0.4, -0.2) is 50.3 Å². The van der Waals surface area contributed by atoms with E-state index in [1.807, 2.05) is 0 Å². The maximum Gasteiger partial charge on any atom is 0.378 e. The fourth-order valence-electron chi connectivity index (χ4n) is 1.35. The standard InChI is InChI=1S/C10H10N4O5/c1-3-19-8(16)5-4-11-10-12-6(9(17)18-2)13-14(10)7(5)15/h4,15H,3H2,1-2H3. The summed E-state index contributed by atoms with van der Waals surface area (Å²) in [5.41, 5.74) is -0.171. The average molecular weight is 266 g/mol. The number of ether oxygens (including phenoxy) is 2. The van der Waals surface area contributed by atoms with E-state index in [1.165, 1.54) is 7.11 Å². The van der Waals surface area contributed by atoms with Gasteiger partial charge in [-0.05, 0) is 6.92 Å². The van der Waals surface area contributed by atoms with Crippen molar-refractivity contribution >= 4 is 17.7 Å². The minimum absolute atomic E-state index is 0.0362. The van der Waals surface area contributed by atoms with E-state index in [-0.39, 0.29) is 23.8 Å². The van der Waals surface area contributed by atoms with Gasteiger partial charge in [0.1, 0.15) is 5.56 Å². The zero-order valence-electron chi connectivity index (χ0n) is 10.2. The lowest BCUT2D eigenvalue weighted by molar-refractivity contribution is 0.0520. The number of fused-ring (bicyclic) bond motifs is 1. The summed E-state index contributed by atoms with van der Waals surface area (Å²) in [7, 11) is 1.17. The van der Waals surface area contributed by atoms with E-state index in [9.17, 15) is 14.7 Å². The Morgan fingerprint density at radius 2 is 2.16 bits per heavy atom. The Kier molecular flexibility index (Phi) is 3.27. The fourth-order valence-corrected chi connectivity index (χ4v) is 1.35. The summed E-state index contributed by atoms with van der Waals surface area (Å²) in [6.07, 6.45) is 1.10. The normalized spacial score (nSPS) is 10.4. The van der Waals surface area contributed by atoms with Crippen LogP contribution in [0.25, 0.3) is 5.78 Å². The number of carbonyl (C=O) groups is 2. The van der Waals surface area contributed by atoms with Gasteiger partial charge in [-0.15, -0.1) is 5.10 Å². The second-order valence-electron chi connectivity index (χ2n) is 3.35. The van der Waals surface area contributed by atoms with Crippen molar-refractivity contribution in [1.82, 2.24) is 19.6 Å². The molecule has 0 amide bonds. The Labute approximate surface area is 106 Å². The maximum atomic E-state index is 11.5. The van der Waals surface area contributed by atoms with Gasteiger partial charge in [-0.1, -0.05) is 0 Å². The van der Waals surface area contributed by atoms with Crippen LogP contribution in [0.5, 0.6) is 5.88 Å². The van der Waals surface area contributed by atoms with Gasteiger partial charge in [-0.3, -0.25) is 0 Å². The van der Waals surface area contributed by atoms with E-state index in [0.717, 1.165) is 10.7 Å². The van der Waals surface area contributed by atoms with E-state index in [1.54, 1.807) is 6.92 Å². The van der Waals surface area contributed by atoms with Gasteiger partial charge < -0.3 is 14.6 Å². The van der Waals surface area contributed by atoms with E-state index >= 15 is 0 Å². The smallest absolute Gasteiger partial charge is 0.378 e. The molecule has 9 heteroatoms. The molecular formula is C10H10N4O5. The van der Waals surface area contributed by atoms with Gasteiger partial charge in [0.15, 0.2) is 0 Å². The lowest BCUT2D eigenvalue weighted by Gasteiger charge is -2.03. The summed E-state index contributed by atoms with van der Waals surface area (Å²) in [5, 5.41) is 13.6. The predicted octanol–water partition coefficient (Wildman–Crippen LogP) is -0.207. The van der Waals surface area contributed by atoms with E-state index in [4.69, 9.17) is 4.74 Å². The van der Waals surface area contributed by atoms with Gasteiger partial charge in [0.25, 0.3) is 11.6 Å². The molecule has 0 aliphatic heterocycles. The number of aromatic nitrogens is 4. The van der Waals surface area contributed by atoms with Crippen molar-refractivity contribution in [3.8, 4) is 5.88 Å². The van der Waals surface area contributed by atoms with Crippen LogP contribution in [0.3, 0.4) is 0 Å². The highest BCUT2D eigenvalue weighted by Crippen LogP contribution is 2.17. The van der Waals surface area contributed by atoms with Crippen LogP contribution in [0.15, 0.2) is 6.20 Å². The van der Waals surface area contributed by atoms with Crippen LogP contribution in [0, 0.1) is 0 Å². The van der Waals surface area contributed by atoms with Crippen LogP contribution in [0.2, 0.25) is 0 Å². The number of aromatic hydroxyl groups is 1. The molecule has 0 aliphatic carbocycles. The molecule has 0 radical (unpaired) electrons. The first-order chi connectivity index (χ1) is 9.08. The average Bonchev–Trinajstić information content (AvgIpc) is 2.83. The quantitative estimate of drug-likeness (QED) is 0.759. The number of nitrogens with zero attached hydrogens (tertiary/aromatic N) is 4. The first kappa shape index (κ1) is 12.7. The molecule has 2 aromatic rings. The third kappa shape index (κ3) is 2.17. The third-order valence-corrected chi connectivity index (χ3v) is 2.20. The number of esters is 2. The molecule has 0 aromatic carbocycles. The topological polar surface area (TPSA) is 116 Å². The number of hydrogen-bond acceptors (Lipinski definition) is 8. The number of hydrogen-bond donors (Lipinski definition) is 1. The minimum Gasteiger partial charge on any atom is -0.493 e. The molecule has 0 atom stereocenters. The van der Waals surface area contributed by atoms with Crippen molar-refractivity contribution in [3.63, 3.8) is 0 Å². The Balaban J connectivity index is 2.52. The summed E-state index contributed by atoms with van der Waals surface area (Å²) in [6, 6.07) is 0. The largest absolute Gasteiger partial charge is 0.493 e. The van der Waals surface area contributed by atoms with Gasteiger partial charge in [-0.25, -0.2) is 14.6 Å². The second-order valence-corrected chi connectivity index (χ2v) is 3.35. The van der Waals surface area contributed by atoms with Gasteiger partial charge in [-0.2, -0.15) is 9.50 Å². The van der Waals surface area contributed by atoms with Crippen molar-refractivity contribution in [3.05, 3.63) is 17.6 Å². The molecule has 0 saturated carbocycles. The SMILES string of the molecule is CCOC(=O)c1cnc2nc(C(=O)OC)nn2c1O. The third-order valence-electron chi connectivity index (χ3n) is 2.20. The molecule has 9 nitrogen and oxygen atoms in total. The zero-order valence-corrected chi connectivity index (χ0v) is 10.2. The summed E-state index contributed by atoms with van der Waals surface area (Å²) in [4.78, 5) is 30.3. The number of rotatable bonds is 3. The Hall–Kier alpha value is -2.71. The van der Waals surface area contributed by atoms with Crippen molar-refractivity contribution in [2.45, 2.75) is 6.92 Å². The predicted molar refractivity (Wildman–Crippen MR) is 59.7 cm³/mol. The highest BCUT2D eigenvalue weighted by Gasteiger charge is 2.21. The Bertz CT molecular complexity index is 651. The molecule has 0 saturated heterocycles. The zero-order chi connectivity index (χ0) is 14.0. The molecule has 0 unspecified atom stereocenters. The fraction of sp³-hybridized carbons (Fsp3) is 0.300. The van der Waals surface area contributed by atoms with Crippen molar-refractivity contribution < 1.29 is 24.2 Å².